The number of benzene rings is 1. The quantitative estimate of drug-likeness (QED) is 0.653. The summed E-state index contributed by atoms with van der Waals surface area (Å²) in [4.78, 5) is 9.29. The largest absolute Gasteiger partial charge is 0.369 e. The number of para-hydroxylation sites is 1. The number of anilines is 1. The van der Waals surface area contributed by atoms with Gasteiger partial charge in [0.15, 0.2) is 5.96 Å². The Morgan fingerprint density at radius 2 is 2.00 bits per heavy atom. The molecule has 5 nitrogen and oxygen atoms in total. The summed E-state index contributed by atoms with van der Waals surface area (Å²) in [5.41, 5.74) is 1.31. The normalized spacial score (nSPS) is 25.8. The molecule has 2 N–H and O–H groups in total. The van der Waals surface area contributed by atoms with Gasteiger partial charge >= 0.3 is 0 Å². The van der Waals surface area contributed by atoms with Crippen molar-refractivity contribution >= 4 is 11.6 Å². The van der Waals surface area contributed by atoms with Crippen molar-refractivity contribution in [3.05, 3.63) is 30.3 Å². The summed E-state index contributed by atoms with van der Waals surface area (Å²) in [6.07, 6.45) is 3.78. The second kappa shape index (κ2) is 8.38. The Morgan fingerprint density at radius 3 is 2.75 bits per heavy atom. The van der Waals surface area contributed by atoms with Crippen LogP contribution in [-0.2, 0) is 0 Å². The monoisotopic (exact) mass is 329 g/mol. The van der Waals surface area contributed by atoms with Crippen LogP contribution in [0.3, 0.4) is 0 Å². The van der Waals surface area contributed by atoms with Gasteiger partial charge in [-0.1, -0.05) is 18.2 Å². The summed E-state index contributed by atoms with van der Waals surface area (Å²) in [5.74, 6) is 1.68. The number of aliphatic imine (C=N–C) groups is 1. The minimum absolute atomic E-state index is 0.463. The van der Waals surface area contributed by atoms with Gasteiger partial charge in [0.05, 0.1) is 0 Å². The molecule has 0 radical (unpaired) electrons. The zero-order valence-corrected chi connectivity index (χ0v) is 15.0. The van der Waals surface area contributed by atoms with Crippen LogP contribution in [0.4, 0.5) is 5.69 Å². The third kappa shape index (κ3) is 4.63. The molecule has 1 aromatic carbocycles. The number of hydrogen-bond acceptors (Lipinski definition) is 3. The van der Waals surface area contributed by atoms with Crippen LogP contribution in [0, 0.1) is 5.92 Å². The Hall–Kier alpha value is -1.75. The number of rotatable bonds is 4. The Bertz CT molecular complexity index is 530. The Labute approximate surface area is 146 Å². The lowest BCUT2D eigenvalue weighted by Crippen LogP contribution is -2.47. The van der Waals surface area contributed by atoms with Crippen LogP contribution in [-0.4, -0.2) is 63.7 Å². The zero-order valence-electron chi connectivity index (χ0n) is 15.0. The van der Waals surface area contributed by atoms with Crippen molar-refractivity contribution in [3.8, 4) is 0 Å². The van der Waals surface area contributed by atoms with Crippen molar-refractivity contribution in [1.29, 1.82) is 0 Å². The fourth-order valence-corrected chi connectivity index (χ4v) is 3.82. The van der Waals surface area contributed by atoms with E-state index in [9.17, 15) is 0 Å². The molecule has 3 rings (SSSR count). The molecule has 132 valence electrons. The Morgan fingerprint density at radius 1 is 1.17 bits per heavy atom. The highest BCUT2D eigenvalue weighted by Crippen LogP contribution is 2.19. The highest BCUT2D eigenvalue weighted by molar-refractivity contribution is 5.80. The van der Waals surface area contributed by atoms with E-state index in [0.29, 0.717) is 6.04 Å². The van der Waals surface area contributed by atoms with Crippen LogP contribution in [0.15, 0.2) is 35.3 Å². The molecule has 5 heteroatoms. The van der Waals surface area contributed by atoms with E-state index in [2.05, 4.69) is 62.8 Å². The van der Waals surface area contributed by atoms with Gasteiger partial charge in [-0.15, -0.1) is 0 Å². The average molecular weight is 329 g/mol. The summed E-state index contributed by atoms with van der Waals surface area (Å²) >= 11 is 0. The molecule has 2 heterocycles. The minimum atomic E-state index is 0.463. The van der Waals surface area contributed by atoms with Gasteiger partial charge in [0, 0.05) is 45.0 Å². The second-order valence-electron chi connectivity index (χ2n) is 7.14. The molecular formula is C19H31N5. The lowest BCUT2D eigenvalue weighted by Gasteiger charge is -2.30. The van der Waals surface area contributed by atoms with E-state index in [4.69, 9.17) is 0 Å². The van der Waals surface area contributed by atoms with E-state index in [1.165, 1.54) is 31.6 Å². The third-order valence-electron chi connectivity index (χ3n) is 5.15. The van der Waals surface area contributed by atoms with E-state index < -0.39 is 0 Å². The van der Waals surface area contributed by atoms with Gasteiger partial charge in [0.2, 0.25) is 0 Å². The number of likely N-dealkylation sites (tertiary alicyclic amines) is 1. The molecule has 2 aliphatic rings. The lowest BCUT2D eigenvalue weighted by atomic mass is 9.99. The van der Waals surface area contributed by atoms with Crippen molar-refractivity contribution in [1.82, 2.24) is 15.5 Å². The molecule has 0 aromatic heterocycles. The highest BCUT2D eigenvalue weighted by atomic mass is 15.2. The van der Waals surface area contributed by atoms with Crippen LogP contribution >= 0.6 is 0 Å². The zero-order chi connectivity index (χ0) is 16.8. The number of nitrogens with zero attached hydrogens (tertiary/aromatic N) is 3. The minimum Gasteiger partial charge on any atom is -0.369 e. The Balaban J connectivity index is 1.44. The lowest BCUT2D eigenvalue weighted by molar-refractivity contribution is 0.210. The summed E-state index contributed by atoms with van der Waals surface area (Å²) in [5, 5.41) is 7.13. The predicted octanol–water partition coefficient (Wildman–Crippen LogP) is 1.77. The summed E-state index contributed by atoms with van der Waals surface area (Å²) in [6.45, 7) is 5.58. The van der Waals surface area contributed by atoms with Gasteiger partial charge in [-0.25, -0.2) is 0 Å². The van der Waals surface area contributed by atoms with Gasteiger partial charge in [-0.3, -0.25) is 4.99 Å². The van der Waals surface area contributed by atoms with Crippen LogP contribution in [0.1, 0.15) is 19.3 Å². The number of nitrogens with one attached hydrogen (secondary N) is 2. The molecule has 0 bridgehead atoms. The van der Waals surface area contributed by atoms with E-state index in [-0.39, 0.29) is 0 Å². The van der Waals surface area contributed by atoms with Crippen LogP contribution in [0.2, 0.25) is 0 Å². The van der Waals surface area contributed by atoms with Crippen molar-refractivity contribution in [2.24, 2.45) is 10.9 Å². The molecule has 24 heavy (non-hydrogen) atoms. The molecule has 0 amide bonds. The molecule has 2 fully saturated rings. The van der Waals surface area contributed by atoms with Gasteiger partial charge in [0.25, 0.3) is 0 Å². The molecule has 0 aliphatic carbocycles. The first-order valence-electron chi connectivity index (χ1n) is 9.20. The standard InChI is InChI=1S/C19H31N5/c1-20-19(21-13-16-7-6-11-23(2)14-16)22-17-10-12-24(15-17)18-8-4-3-5-9-18/h3-5,8-9,16-17H,6-7,10-15H2,1-2H3,(H2,20,21,22). The summed E-state index contributed by atoms with van der Waals surface area (Å²) in [6, 6.07) is 11.1. The van der Waals surface area contributed by atoms with Crippen LogP contribution < -0.4 is 15.5 Å². The van der Waals surface area contributed by atoms with Crippen LogP contribution in [0.25, 0.3) is 0 Å². The predicted molar refractivity (Wildman–Crippen MR) is 102 cm³/mol. The summed E-state index contributed by atoms with van der Waals surface area (Å²) < 4.78 is 0. The molecule has 1 aromatic rings. The van der Waals surface area contributed by atoms with E-state index in [1.54, 1.807) is 0 Å². The van der Waals surface area contributed by atoms with Crippen LogP contribution in [0.5, 0.6) is 0 Å². The van der Waals surface area contributed by atoms with Gasteiger partial charge in [-0.2, -0.15) is 0 Å². The fourth-order valence-electron chi connectivity index (χ4n) is 3.82. The van der Waals surface area contributed by atoms with E-state index >= 15 is 0 Å². The maximum atomic E-state index is 4.42. The van der Waals surface area contributed by atoms with Crippen molar-refractivity contribution < 1.29 is 0 Å². The molecule has 2 aliphatic heterocycles. The first-order valence-corrected chi connectivity index (χ1v) is 9.20. The number of guanidine groups is 1. The summed E-state index contributed by atoms with van der Waals surface area (Å²) in [7, 11) is 4.09. The number of hydrogen-bond donors (Lipinski definition) is 2. The highest BCUT2D eigenvalue weighted by Gasteiger charge is 2.24. The van der Waals surface area contributed by atoms with Crippen molar-refractivity contribution in [2.45, 2.75) is 25.3 Å². The number of piperidine rings is 1. The third-order valence-corrected chi connectivity index (χ3v) is 5.15. The molecular weight excluding hydrogens is 298 g/mol. The van der Waals surface area contributed by atoms with Crippen molar-refractivity contribution in [3.63, 3.8) is 0 Å². The maximum absolute atomic E-state index is 4.42. The second-order valence-corrected chi connectivity index (χ2v) is 7.14. The van der Waals surface area contributed by atoms with E-state index in [0.717, 1.165) is 37.9 Å². The molecule has 2 saturated heterocycles. The SMILES string of the molecule is CN=C(NCC1CCCN(C)C1)NC1CCN(c2ccccc2)C1. The maximum Gasteiger partial charge on any atom is 0.191 e. The fraction of sp³-hybridized carbons (Fsp3) is 0.632. The first kappa shape index (κ1) is 17.1. The molecule has 0 saturated carbocycles. The smallest absolute Gasteiger partial charge is 0.191 e. The topological polar surface area (TPSA) is 42.9 Å². The Kier molecular flexibility index (Phi) is 5.96. The average Bonchev–Trinajstić information content (AvgIpc) is 3.08. The van der Waals surface area contributed by atoms with Gasteiger partial charge < -0.3 is 20.4 Å². The van der Waals surface area contributed by atoms with Crippen molar-refractivity contribution in [2.75, 3.05) is 51.7 Å². The molecule has 0 spiro atoms. The van der Waals surface area contributed by atoms with E-state index in [1.807, 2.05) is 7.05 Å². The first-order chi connectivity index (χ1) is 11.7. The van der Waals surface area contributed by atoms with Gasteiger partial charge in [0.1, 0.15) is 0 Å². The van der Waals surface area contributed by atoms with Gasteiger partial charge in [-0.05, 0) is 50.9 Å². The molecule has 2 atom stereocenters. The molecule has 2 unspecified atom stereocenters.